The van der Waals surface area contributed by atoms with Crippen molar-refractivity contribution in [1.82, 2.24) is 0 Å². The topological polar surface area (TPSA) is 26.3 Å². The van der Waals surface area contributed by atoms with Crippen molar-refractivity contribution in [2.75, 3.05) is 33.3 Å². The standard InChI is InChI=1S/C14H28NO2.ClH/c1-6-9-15(5,10-7-2)11-8-12-17-14(16)13(3)4;/h3,6-12H2,1-2,4-5H3;1H/q+1;/p-1. The molecule has 0 unspecified atom stereocenters. The first-order valence-electron chi connectivity index (χ1n) is 6.61. The zero-order valence-corrected chi connectivity index (χ0v) is 13.1. The average Bonchev–Trinajstić information content (AvgIpc) is 2.24. The maximum atomic E-state index is 11.2. The van der Waals surface area contributed by atoms with Crippen LogP contribution in [0.5, 0.6) is 0 Å². The average molecular weight is 278 g/mol. The zero-order chi connectivity index (χ0) is 13.3. The third kappa shape index (κ3) is 8.54. The highest BCUT2D eigenvalue weighted by atomic mass is 35.5. The van der Waals surface area contributed by atoms with Crippen LogP contribution in [-0.4, -0.2) is 43.7 Å². The van der Waals surface area contributed by atoms with Crippen molar-refractivity contribution in [2.24, 2.45) is 0 Å². The molecule has 0 rings (SSSR count). The summed E-state index contributed by atoms with van der Waals surface area (Å²) in [5.41, 5.74) is 0.476. The van der Waals surface area contributed by atoms with Crippen LogP contribution in [0.25, 0.3) is 0 Å². The number of quaternary nitrogens is 1. The summed E-state index contributed by atoms with van der Waals surface area (Å²) in [5, 5.41) is 0. The predicted molar refractivity (Wildman–Crippen MR) is 71.8 cm³/mol. The van der Waals surface area contributed by atoms with E-state index >= 15 is 0 Å². The van der Waals surface area contributed by atoms with Crippen LogP contribution in [0, 0.1) is 0 Å². The van der Waals surface area contributed by atoms with Gasteiger partial charge in [-0.1, -0.05) is 20.4 Å². The lowest BCUT2D eigenvalue weighted by Crippen LogP contribution is -3.00. The van der Waals surface area contributed by atoms with Gasteiger partial charge in [0.05, 0.1) is 33.3 Å². The SMILES string of the molecule is C=C(C)C(=O)OCCC[N+](C)(CCC)CCC.[Cl-]. The molecule has 108 valence electrons. The fourth-order valence-corrected chi connectivity index (χ4v) is 2.15. The van der Waals surface area contributed by atoms with E-state index < -0.39 is 0 Å². The van der Waals surface area contributed by atoms with Gasteiger partial charge in [0.15, 0.2) is 0 Å². The van der Waals surface area contributed by atoms with Gasteiger partial charge in [0, 0.05) is 12.0 Å². The van der Waals surface area contributed by atoms with Crippen molar-refractivity contribution in [3.05, 3.63) is 12.2 Å². The van der Waals surface area contributed by atoms with Crippen molar-refractivity contribution in [3.63, 3.8) is 0 Å². The van der Waals surface area contributed by atoms with E-state index in [4.69, 9.17) is 4.74 Å². The largest absolute Gasteiger partial charge is 1.00 e. The molecule has 0 saturated heterocycles. The fraction of sp³-hybridized carbons (Fsp3) is 0.786. The molecule has 0 N–H and O–H groups in total. The molecule has 0 atom stereocenters. The summed E-state index contributed by atoms with van der Waals surface area (Å²) in [5.74, 6) is -0.273. The van der Waals surface area contributed by atoms with Crippen molar-refractivity contribution in [2.45, 2.75) is 40.0 Å². The quantitative estimate of drug-likeness (QED) is 0.252. The van der Waals surface area contributed by atoms with Crippen LogP contribution in [0.3, 0.4) is 0 Å². The Morgan fingerprint density at radius 2 is 1.67 bits per heavy atom. The van der Waals surface area contributed by atoms with Gasteiger partial charge < -0.3 is 21.6 Å². The summed E-state index contributed by atoms with van der Waals surface area (Å²) in [4.78, 5) is 11.2. The number of carbonyl (C=O) groups excluding carboxylic acids is 1. The van der Waals surface area contributed by atoms with Gasteiger partial charge in [0.25, 0.3) is 0 Å². The molecule has 0 aliphatic rings. The minimum atomic E-state index is -0.273. The number of halogens is 1. The number of esters is 1. The van der Waals surface area contributed by atoms with Crippen molar-refractivity contribution >= 4 is 5.97 Å². The lowest BCUT2D eigenvalue weighted by molar-refractivity contribution is -0.909. The molecule has 4 heteroatoms. The highest BCUT2D eigenvalue weighted by Gasteiger charge is 2.18. The molecule has 0 aromatic heterocycles. The Labute approximate surface area is 118 Å². The Morgan fingerprint density at radius 1 is 1.17 bits per heavy atom. The normalized spacial score (nSPS) is 10.7. The van der Waals surface area contributed by atoms with Gasteiger partial charge in [-0.15, -0.1) is 0 Å². The third-order valence-corrected chi connectivity index (χ3v) is 2.95. The number of hydrogen-bond donors (Lipinski definition) is 0. The Bertz CT molecular complexity index is 248. The van der Waals surface area contributed by atoms with Crippen molar-refractivity contribution < 1.29 is 26.4 Å². The second kappa shape index (κ2) is 10.4. The molecule has 18 heavy (non-hydrogen) atoms. The lowest BCUT2D eigenvalue weighted by Gasteiger charge is -2.34. The smallest absolute Gasteiger partial charge is 0.333 e. The number of ether oxygens (including phenoxy) is 1. The maximum Gasteiger partial charge on any atom is 0.333 e. The van der Waals surface area contributed by atoms with Crippen molar-refractivity contribution in [3.8, 4) is 0 Å². The maximum absolute atomic E-state index is 11.2. The zero-order valence-electron chi connectivity index (χ0n) is 12.3. The number of rotatable bonds is 9. The number of hydrogen-bond acceptors (Lipinski definition) is 2. The number of nitrogens with zero attached hydrogens (tertiary/aromatic N) is 1. The van der Waals surface area contributed by atoms with Gasteiger partial charge >= 0.3 is 5.97 Å². The fourth-order valence-electron chi connectivity index (χ4n) is 2.15. The third-order valence-electron chi connectivity index (χ3n) is 2.95. The Hall–Kier alpha value is -0.540. The summed E-state index contributed by atoms with van der Waals surface area (Å²) in [7, 11) is 2.29. The first kappa shape index (κ1) is 19.8. The molecule has 3 nitrogen and oxygen atoms in total. The van der Waals surface area contributed by atoms with Crippen molar-refractivity contribution in [1.29, 1.82) is 0 Å². The van der Waals surface area contributed by atoms with Crippen LogP contribution in [0.1, 0.15) is 40.0 Å². The van der Waals surface area contributed by atoms with E-state index in [1.54, 1.807) is 6.92 Å². The molecule has 0 spiro atoms. The van der Waals surface area contributed by atoms with E-state index in [2.05, 4.69) is 27.5 Å². The van der Waals surface area contributed by atoms with Gasteiger partial charge in [0.1, 0.15) is 0 Å². The molecule has 0 fully saturated rings. The lowest BCUT2D eigenvalue weighted by atomic mass is 10.2. The van der Waals surface area contributed by atoms with Gasteiger partial charge in [0.2, 0.25) is 0 Å². The van der Waals surface area contributed by atoms with Gasteiger partial charge in [-0.2, -0.15) is 0 Å². The van der Waals surface area contributed by atoms with Crippen LogP contribution in [0.15, 0.2) is 12.2 Å². The minimum Gasteiger partial charge on any atom is -1.00 e. The summed E-state index contributed by atoms with van der Waals surface area (Å²) in [6, 6.07) is 0. The molecular formula is C14H28ClNO2. The second-order valence-electron chi connectivity index (χ2n) is 5.06. The molecule has 0 amide bonds. The first-order valence-corrected chi connectivity index (χ1v) is 6.61. The molecule has 0 radical (unpaired) electrons. The van der Waals surface area contributed by atoms with Crippen LogP contribution >= 0.6 is 0 Å². The van der Waals surface area contributed by atoms with Crippen LogP contribution in [0.2, 0.25) is 0 Å². The Kier molecular flexibility index (Phi) is 11.4. The molecule has 0 heterocycles. The van der Waals surface area contributed by atoms with Crippen LogP contribution in [0.4, 0.5) is 0 Å². The molecular weight excluding hydrogens is 250 g/mol. The summed E-state index contributed by atoms with van der Waals surface area (Å²) in [6.45, 7) is 13.6. The predicted octanol–water partition coefficient (Wildman–Crippen LogP) is -0.234. The highest BCUT2D eigenvalue weighted by Crippen LogP contribution is 2.07. The molecule has 0 aromatic rings. The Balaban J connectivity index is 0. The number of carbonyl (C=O) groups is 1. The van der Waals surface area contributed by atoms with Gasteiger partial charge in [-0.3, -0.25) is 0 Å². The monoisotopic (exact) mass is 277 g/mol. The first-order chi connectivity index (χ1) is 7.95. The van der Waals surface area contributed by atoms with Gasteiger partial charge in [-0.25, -0.2) is 4.79 Å². The highest BCUT2D eigenvalue weighted by molar-refractivity contribution is 5.86. The van der Waals surface area contributed by atoms with Crippen LogP contribution in [-0.2, 0) is 9.53 Å². The molecule has 0 saturated carbocycles. The van der Waals surface area contributed by atoms with E-state index in [1.807, 2.05) is 0 Å². The second-order valence-corrected chi connectivity index (χ2v) is 5.06. The Morgan fingerprint density at radius 3 is 2.06 bits per heavy atom. The van der Waals surface area contributed by atoms with E-state index in [0.717, 1.165) is 17.4 Å². The minimum absolute atomic E-state index is 0. The summed E-state index contributed by atoms with van der Waals surface area (Å²) in [6.07, 6.45) is 3.32. The molecule has 0 bridgehead atoms. The van der Waals surface area contributed by atoms with Crippen LogP contribution < -0.4 is 12.4 Å². The van der Waals surface area contributed by atoms with E-state index in [9.17, 15) is 4.79 Å². The molecule has 0 aromatic carbocycles. The molecule has 0 aliphatic heterocycles. The van der Waals surface area contributed by atoms with Gasteiger partial charge in [-0.05, 0) is 19.8 Å². The van der Waals surface area contributed by atoms with E-state index in [0.29, 0.717) is 12.2 Å². The van der Waals surface area contributed by atoms with E-state index in [1.165, 1.54) is 25.9 Å². The molecule has 0 aliphatic carbocycles. The van der Waals surface area contributed by atoms with E-state index in [-0.39, 0.29) is 18.4 Å². The summed E-state index contributed by atoms with van der Waals surface area (Å²) < 4.78 is 6.19. The summed E-state index contributed by atoms with van der Waals surface area (Å²) >= 11 is 0.